The van der Waals surface area contributed by atoms with Crippen molar-refractivity contribution in [2.24, 2.45) is 11.7 Å². The summed E-state index contributed by atoms with van der Waals surface area (Å²) in [5, 5.41) is 0. The third kappa shape index (κ3) is 3.09. The standard InChI is InChI=1S/C15H23FN2/c1-2-12-6-8-18(9-7-12)15(11-17)13-4-3-5-14(16)10-13/h3-5,10,12,15H,2,6-9,11,17H2,1H3. The number of benzene rings is 1. The van der Waals surface area contributed by atoms with Gasteiger partial charge in [-0.3, -0.25) is 4.90 Å². The number of rotatable bonds is 4. The average Bonchev–Trinajstić information content (AvgIpc) is 2.40. The van der Waals surface area contributed by atoms with Crippen LogP contribution in [0.2, 0.25) is 0 Å². The molecule has 0 aliphatic carbocycles. The van der Waals surface area contributed by atoms with Gasteiger partial charge >= 0.3 is 0 Å². The fourth-order valence-electron chi connectivity index (χ4n) is 2.88. The van der Waals surface area contributed by atoms with E-state index < -0.39 is 0 Å². The van der Waals surface area contributed by atoms with E-state index in [-0.39, 0.29) is 11.9 Å². The van der Waals surface area contributed by atoms with E-state index in [1.165, 1.54) is 25.3 Å². The molecule has 3 heteroatoms. The van der Waals surface area contributed by atoms with Crippen LogP contribution in [0.3, 0.4) is 0 Å². The summed E-state index contributed by atoms with van der Waals surface area (Å²) in [6.45, 7) is 4.97. The molecule has 1 saturated heterocycles. The SMILES string of the molecule is CCC1CCN(C(CN)c2cccc(F)c2)CC1. The van der Waals surface area contributed by atoms with Crippen LogP contribution >= 0.6 is 0 Å². The molecule has 1 aliphatic rings. The van der Waals surface area contributed by atoms with Crippen molar-refractivity contribution in [2.45, 2.75) is 32.2 Å². The largest absolute Gasteiger partial charge is 0.329 e. The topological polar surface area (TPSA) is 29.3 Å². The minimum Gasteiger partial charge on any atom is -0.329 e. The van der Waals surface area contributed by atoms with Crippen LogP contribution in [-0.2, 0) is 0 Å². The minimum atomic E-state index is -0.172. The van der Waals surface area contributed by atoms with Crippen LogP contribution in [0.4, 0.5) is 4.39 Å². The molecule has 18 heavy (non-hydrogen) atoms. The van der Waals surface area contributed by atoms with Crippen molar-refractivity contribution in [2.75, 3.05) is 19.6 Å². The number of hydrogen-bond donors (Lipinski definition) is 1. The quantitative estimate of drug-likeness (QED) is 0.890. The van der Waals surface area contributed by atoms with Crippen molar-refractivity contribution in [1.82, 2.24) is 4.90 Å². The van der Waals surface area contributed by atoms with E-state index in [1.54, 1.807) is 12.1 Å². The summed E-state index contributed by atoms with van der Waals surface area (Å²) < 4.78 is 13.3. The van der Waals surface area contributed by atoms with Gasteiger partial charge in [-0.1, -0.05) is 25.5 Å². The number of nitrogens with zero attached hydrogens (tertiary/aromatic N) is 1. The van der Waals surface area contributed by atoms with Gasteiger partial charge in [-0.2, -0.15) is 0 Å². The molecule has 100 valence electrons. The zero-order chi connectivity index (χ0) is 13.0. The highest BCUT2D eigenvalue weighted by Crippen LogP contribution is 2.27. The van der Waals surface area contributed by atoms with Crippen molar-refractivity contribution < 1.29 is 4.39 Å². The Morgan fingerprint density at radius 1 is 1.39 bits per heavy atom. The number of likely N-dealkylation sites (tertiary alicyclic amines) is 1. The van der Waals surface area contributed by atoms with Crippen molar-refractivity contribution in [3.8, 4) is 0 Å². The molecule has 0 bridgehead atoms. The van der Waals surface area contributed by atoms with Crippen molar-refractivity contribution in [3.63, 3.8) is 0 Å². The molecule has 1 unspecified atom stereocenters. The number of hydrogen-bond acceptors (Lipinski definition) is 2. The van der Waals surface area contributed by atoms with Crippen LogP contribution in [0.5, 0.6) is 0 Å². The van der Waals surface area contributed by atoms with Gasteiger partial charge in [0.2, 0.25) is 0 Å². The highest BCUT2D eigenvalue weighted by Gasteiger charge is 2.24. The lowest BCUT2D eigenvalue weighted by molar-refractivity contribution is 0.134. The van der Waals surface area contributed by atoms with Gasteiger partial charge < -0.3 is 5.73 Å². The van der Waals surface area contributed by atoms with Gasteiger partial charge in [0.1, 0.15) is 5.82 Å². The van der Waals surface area contributed by atoms with Crippen molar-refractivity contribution >= 4 is 0 Å². The second-order valence-electron chi connectivity index (χ2n) is 5.19. The summed E-state index contributed by atoms with van der Waals surface area (Å²) in [5.41, 5.74) is 6.90. The van der Waals surface area contributed by atoms with Gasteiger partial charge in [-0.25, -0.2) is 4.39 Å². The van der Waals surface area contributed by atoms with Gasteiger partial charge in [-0.15, -0.1) is 0 Å². The third-order valence-corrected chi connectivity index (χ3v) is 4.12. The van der Waals surface area contributed by atoms with Crippen LogP contribution in [0.15, 0.2) is 24.3 Å². The predicted octanol–water partition coefficient (Wildman–Crippen LogP) is 2.95. The first kappa shape index (κ1) is 13.5. The van der Waals surface area contributed by atoms with E-state index in [4.69, 9.17) is 5.73 Å². The summed E-state index contributed by atoms with van der Waals surface area (Å²) in [7, 11) is 0. The van der Waals surface area contributed by atoms with E-state index >= 15 is 0 Å². The maximum atomic E-state index is 13.3. The maximum absolute atomic E-state index is 13.3. The van der Waals surface area contributed by atoms with E-state index in [0.717, 1.165) is 24.6 Å². The molecule has 0 aromatic heterocycles. The van der Waals surface area contributed by atoms with Crippen LogP contribution in [0.25, 0.3) is 0 Å². The number of piperidine rings is 1. The van der Waals surface area contributed by atoms with Gasteiger partial charge in [0.15, 0.2) is 0 Å². The van der Waals surface area contributed by atoms with Gasteiger partial charge in [0.25, 0.3) is 0 Å². The Kier molecular flexibility index (Phi) is 4.72. The van der Waals surface area contributed by atoms with Gasteiger partial charge in [-0.05, 0) is 49.5 Å². The van der Waals surface area contributed by atoms with Crippen LogP contribution in [0.1, 0.15) is 37.8 Å². The molecule has 2 rings (SSSR count). The molecular formula is C15H23FN2. The Bertz CT molecular complexity index is 373. The molecule has 1 atom stereocenters. The highest BCUT2D eigenvalue weighted by molar-refractivity contribution is 5.20. The van der Waals surface area contributed by atoms with Crippen LogP contribution < -0.4 is 5.73 Å². The van der Waals surface area contributed by atoms with E-state index in [1.807, 2.05) is 6.07 Å². The summed E-state index contributed by atoms with van der Waals surface area (Å²) in [6, 6.07) is 7.01. The molecule has 0 radical (unpaired) electrons. The zero-order valence-corrected chi connectivity index (χ0v) is 11.1. The van der Waals surface area contributed by atoms with E-state index in [9.17, 15) is 4.39 Å². The summed E-state index contributed by atoms with van der Waals surface area (Å²) in [4.78, 5) is 2.40. The molecule has 1 aliphatic heterocycles. The maximum Gasteiger partial charge on any atom is 0.123 e. The Morgan fingerprint density at radius 3 is 2.67 bits per heavy atom. The van der Waals surface area contributed by atoms with Crippen LogP contribution in [0, 0.1) is 11.7 Å². The first-order valence-electron chi connectivity index (χ1n) is 6.94. The third-order valence-electron chi connectivity index (χ3n) is 4.12. The summed E-state index contributed by atoms with van der Waals surface area (Å²) >= 11 is 0. The lowest BCUT2D eigenvalue weighted by atomic mass is 9.92. The Hall–Kier alpha value is -0.930. The molecule has 1 aromatic carbocycles. The zero-order valence-electron chi connectivity index (χ0n) is 11.1. The van der Waals surface area contributed by atoms with Crippen molar-refractivity contribution in [1.29, 1.82) is 0 Å². The first-order chi connectivity index (χ1) is 8.74. The molecular weight excluding hydrogens is 227 g/mol. The molecule has 0 saturated carbocycles. The number of halogens is 1. The molecule has 2 N–H and O–H groups in total. The summed E-state index contributed by atoms with van der Waals surface area (Å²) in [6.07, 6.45) is 3.74. The smallest absolute Gasteiger partial charge is 0.123 e. The summed E-state index contributed by atoms with van der Waals surface area (Å²) in [5.74, 6) is 0.682. The second-order valence-corrected chi connectivity index (χ2v) is 5.19. The molecule has 2 nitrogen and oxygen atoms in total. The lowest BCUT2D eigenvalue weighted by Gasteiger charge is -2.37. The fourth-order valence-corrected chi connectivity index (χ4v) is 2.88. The fraction of sp³-hybridized carbons (Fsp3) is 0.600. The Morgan fingerprint density at radius 2 is 2.11 bits per heavy atom. The van der Waals surface area contributed by atoms with Crippen LogP contribution in [-0.4, -0.2) is 24.5 Å². The van der Waals surface area contributed by atoms with E-state index in [2.05, 4.69) is 11.8 Å². The molecule has 1 aromatic rings. The van der Waals surface area contributed by atoms with Gasteiger partial charge in [0.05, 0.1) is 0 Å². The Balaban J connectivity index is 2.05. The molecule has 0 amide bonds. The normalized spacial score (nSPS) is 19.9. The van der Waals surface area contributed by atoms with Gasteiger partial charge in [0, 0.05) is 12.6 Å². The average molecular weight is 250 g/mol. The lowest BCUT2D eigenvalue weighted by Crippen LogP contribution is -2.39. The monoisotopic (exact) mass is 250 g/mol. The molecule has 1 fully saturated rings. The minimum absolute atomic E-state index is 0.165. The molecule has 0 spiro atoms. The highest BCUT2D eigenvalue weighted by atomic mass is 19.1. The predicted molar refractivity (Wildman–Crippen MR) is 72.8 cm³/mol. The van der Waals surface area contributed by atoms with Crippen molar-refractivity contribution in [3.05, 3.63) is 35.6 Å². The first-order valence-corrected chi connectivity index (χ1v) is 6.94. The Labute approximate surface area is 109 Å². The number of nitrogens with two attached hydrogens (primary N) is 1. The second kappa shape index (κ2) is 6.30. The molecule has 1 heterocycles. The van der Waals surface area contributed by atoms with E-state index in [0.29, 0.717) is 6.54 Å².